The van der Waals surface area contributed by atoms with Crippen LogP contribution in [0, 0.1) is 6.92 Å². The summed E-state index contributed by atoms with van der Waals surface area (Å²) < 4.78 is 40.8. The second-order valence-corrected chi connectivity index (χ2v) is 8.19. The van der Waals surface area contributed by atoms with Gasteiger partial charge in [-0.1, -0.05) is 12.1 Å². The molecule has 0 aliphatic heterocycles. The molecule has 2 N–H and O–H groups in total. The summed E-state index contributed by atoms with van der Waals surface area (Å²) in [6, 6.07) is 11.2. The molecular weight excluding hydrogens is 497 g/mol. The summed E-state index contributed by atoms with van der Waals surface area (Å²) in [7, 11) is 0. The van der Waals surface area contributed by atoms with Crippen molar-refractivity contribution in [2.24, 2.45) is 0 Å². The van der Waals surface area contributed by atoms with Crippen LogP contribution in [-0.4, -0.2) is 35.4 Å². The third kappa shape index (κ3) is 5.33. The number of nitrogens with one attached hydrogen (secondary N) is 2. The van der Waals surface area contributed by atoms with E-state index in [1.165, 1.54) is 24.8 Å². The van der Waals surface area contributed by atoms with Crippen LogP contribution < -0.4 is 10.6 Å². The summed E-state index contributed by atoms with van der Waals surface area (Å²) in [5.74, 6) is 0.400. The molecular formula is C26H19F3N8O. The highest BCUT2D eigenvalue weighted by molar-refractivity contribution is 6.04. The van der Waals surface area contributed by atoms with Crippen molar-refractivity contribution >= 4 is 46.7 Å². The Balaban J connectivity index is 1.36. The van der Waals surface area contributed by atoms with Crippen LogP contribution in [0.2, 0.25) is 0 Å². The van der Waals surface area contributed by atoms with Crippen LogP contribution in [0.15, 0.2) is 73.7 Å². The number of carbonyl (C=O) groups excluding carboxylic acids is 1. The van der Waals surface area contributed by atoms with Gasteiger partial charge in [0.1, 0.15) is 24.8 Å². The fraction of sp³-hybridized carbons (Fsp3) is 0.0769. The van der Waals surface area contributed by atoms with Gasteiger partial charge >= 0.3 is 6.18 Å². The zero-order chi connectivity index (χ0) is 26.7. The molecule has 9 nitrogen and oxygen atoms in total. The van der Waals surface area contributed by atoms with Crippen LogP contribution in [0.25, 0.3) is 23.4 Å². The normalized spacial score (nSPS) is 11.7. The molecule has 0 saturated heterocycles. The van der Waals surface area contributed by atoms with Gasteiger partial charge in [0.15, 0.2) is 17.0 Å². The quantitative estimate of drug-likeness (QED) is 0.304. The number of rotatable bonds is 6. The molecule has 2 aromatic carbocycles. The van der Waals surface area contributed by atoms with Crippen molar-refractivity contribution in [3.05, 3.63) is 96.0 Å². The largest absolute Gasteiger partial charge is 0.416 e. The number of aryl methyl sites for hydroxylation is 1. The van der Waals surface area contributed by atoms with Crippen LogP contribution in [0.5, 0.6) is 0 Å². The van der Waals surface area contributed by atoms with E-state index in [0.29, 0.717) is 28.5 Å². The van der Waals surface area contributed by atoms with Crippen molar-refractivity contribution in [3.63, 3.8) is 0 Å². The van der Waals surface area contributed by atoms with Gasteiger partial charge in [-0.3, -0.25) is 9.36 Å². The number of alkyl halides is 3. The highest BCUT2D eigenvalue weighted by atomic mass is 19.4. The van der Waals surface area contributed by atoms with E-state index in [-0.39, 0.29) is 5.56 Å². The zero-order valence-electron chi connectivity index (χ0n) is 19.8. The van der Waals surface area contributed by atoms with Crippen molar-refractivity contribution in [3.8, 4) is 0 Å². The first-order valence-corrected chi connectivity index (χ1v) is 11.3. The molecule has 1 amide bonds. The second-order valence-electron chi connectivity index (χ2n) is 8.19. The number of halogens is 3. The van der Waals surface area contributed by atoms with E-state index >= 15 is 0 Å². The van der Waals surface area contributed by atoms with Crippen molar-refractivity contribution < 1.29 is 18.0 Å². The molecule has 5 aromatic rings. The minimum absolute atomic E-state index is 0.0894. The highest BCUT2D eigenvalue weighted by Gasteiger charge is 2.30. The Bertz CT molecular complexity index is 1650. The van der Waals surface area contributed by atoms with Gasteiger partial charge in [0.2, 0.25) is 0 Å². The Morgan fingerprint density at radius 1 is 1.00 bits per heavy atom. The molecule has 0 fully saturated rings. The third-order valence-corrected chi connectivity index (χ3v) is 5.59. The number of fused-ring (bicyclic) bond motifs is 1. The van der Waals surface area contributed by atoms with E-state index in [9.17, 15) is 18.0 Å². The van der Waals surface area contributed by atoms with Crippen LogP contribution >= 0.6 is 0 Å². The molecule has 0 aliphatic rings. The second kappa shape index (κ2) is 10.1. The number of aromatic nitrogens is 6. The molecule has 5 rings (SSSR count). The fourth-order valence-electron chi connectivity index (χ4n) is 3.64. The van der Waals surface area contributed by atoms with Gasteiger partial charge in [0, 0.05) is 23.6 Å². The predicted octanol–water partition coefficient (Wildman–Crippen LogP) is 5.57. The summed E-state index contributed by atoms with van der Waals surface area (Å²) in [5, 5.41) is 5.75. The summed E-state index contributed by atoms with van der Waals surface area (Å²) in [6.45, 7) is 1.90. The first kappa shape index (κ1) is 24.6. The van der Waals surface area contributed by atoms with E-state index in [0.717, 1.165) is 23.3 Å². The molecule has 0 saturated carbocycles. The summed E-state index contributed by atoms with van der Waals surface area (Å²) in [6.07, 6.45) is 5.07. The van der Waals surface area contributed by atoms with Gasteiger partial charge in [-0.05, 0) is 60.5 Å². The zero-order valence-corrected chi connectivity index (χ0v) is 19.8. The lowest BCUT2D eigenvalue weighted by atomic mass is 10.1. The molecule has 0 atom stereocenters. The van der Waals surface area contributed by atoms with E-state index in [4.69, 9.17) is 0 Å². The molecule has 0 radical (unpaired) electrons. The van der Waals surface area contributed by atoms with E-state index in [1.807, 2.05) is 13.0 Å². The molecule has 0 spiro atoms. The lowest BCUT2D eigenvalue weighted by Crippen LogP contribution is -2.14. The van der Waals surface area contributed by atoms with Gasteiger partial charge in [-0.25, -0.2) is 24.9 Å². The number of imidazole rings is 1. The summed E-state index contributed by atoms with van der Waals surface area (Å²) in [5.41, 5.74) is 2.25. The van der Waals surface area contributed by atoms with Gasteiger partial charge < -0.3 is 10.6 Å². The molecule has 38 heavy (non-hydrogen) atoms. The molecule has 190 valence electrons. The van der Waals surface area contributed by atoms with Gasteiger partial charge in [0.25, 0.3) is 5.91 Å². The number of anilines is 3. The van der Waals surface area contributed by atoms with Crippen LogP contribution in [-0.2, 0) is 6.18 Å². The van der Waals surface area contributed by atoms with Crippen molar-refractivity contribution in [2.45, 2.75) is 13.1 Å². The highest BCUT2D eigenvalue weighted by Crippen LogP contribution is 2.30. The van der Waals surface area contributed by atoms with Crippen molar-refractivity contribution in [2.75, 3.05) is 10.6 Å². The van der Waals surface area contributed by atoms with Crippen LogP contribution in [0.1, 0.15) is 27.0 Å². The average molecular weight is 516 g/mol. The fourth-order valence-corrected chi connectivity index (χ4v) is 3.64. The Morgan fingerprint density at radius 2 is 1.87 bits per heavy atom. The molecule has 3 aromatic heterocycles. The SMILES string of the molecule is Cc1ccc(NC(=O)c2cccc(C(F)(F)F)c2)cc1C=Cn1cnc2c(Nc3ccncn3)ncnc21. The van der Waals surface area contributed by atoms with E-state index in [2.05, 4.69) is 35.6 Å². The Kier molecular flexibility index (Phi) is 6.52. The van der Waals surface area contributed by atoms with Crippen molar-refractivity contribution in [1.29, 1.82) is 0 Å². The summed E-state index contributed by atoms with van der Waals surface area (Å²) >= 11 is 0. The van der Waals surface area contributed by atoms with Gasteiger partial charge in [-0.15, -0.1) is 0 Å². The number of benzene rings is 2. The molecule has 0 aliphatic carbocycles. The lowest BCUT2D eigenvalue weighted by Gasteiger charge is -2.10. The molecule has 12 heteroatoms. The standard InChI is InChI=1S/C26H19F3N8O/c1-16-5-6-20(35-25(38)18-3-2-4-19(11-18)26(27,28)29)12-17(16)8-10-37-15-34-22-23(32-14-33-24(22)37)36-21-7-9-30-13-31-21/h2-15H,1H3,(H,35,38)(H,30,31,32,33,36). The average Bonchev–Trinajstić information content (AvgIpc) is 3.33. The monoisotopic (exact) mass is 516 g/mol. The number of nitrogens with zero attached hydrogens (tertiary/aromatic N) is 6. The topological polar surface area (TPSA) is 111 Å². The predicted molar refractivity (Wildman–Crippen MR) is 136 cm³/mol. The Hall–Kier alpha value is -5.13. The number of hydrogen-bond acceptors (Lipinski definition) is 7. The van der Waals surface area contributed by atoms with Crippen LogP contribution in [0.3, 0.4) is 0 Å². The maximum absolute atomic E-state index is 13.0. The first-order valence-electron chi connectivity index (χ1n) is 11.3. The minimum Gasteiger partial charge on any atom is -0.323 e. The maximum atomic E-state index is 13.0. The third-order valence-electron chi connectivity index (χ3n) is 5.59. The summed E-state index contributed by atoms with van der Waals surface area (Å²) in [4.78, 5) is 33.6. The molecule has 0 bridgehead atoms. The number of amides is 1. The number of hydrogen-bond donors (Lipinski definition) is 2. The molecule has 3 heterocycles. The minimum atomic E-state index is -4.53. The van der Waals surface area contributed by atoms with E-state index in [1.54, 1.807) is 47.6 Å². The van der Waals surface area contributed by atoms with Gasteiger partial charge in [-0.2, -0.15) is 13.2 Å². The lowest BCUT2D eigenvalue weighted by molar-refractivity contribution is -0.137. The Labute approximate surface area is 214 Å². The van der Waals surface area contributed by atoms with Crippen LogP contribution in [0.4, 0.5) is 30.5 Å². The smallest absolute Gasteiger partial charge is 0.323 e. The van der Waals surface area contributed by atoms with E-state index < -0.39 is 17.6 Å². The Morgan fingerprint density at radius 3 is 2.66 bits per heavy atom. The molecule has 0 unspecified atom stereocenters. The van der Waals surface area contributed by atoms with Gasteiger partial charge in [0.05, 0.1) is 5.56 Å². The van der Waals surface area contributed by atoms with Crippen molar-refractivity contribution in [1.82, 2.24) is 29.5 Å². The number of carbonyl (C=O) groups is 1. The maximum Gasteiger partial charge on any atom is 0.416 e. The first-order chi connectivity index (χ1) is 18.3.